The van der Waals surface area contributed by atoms with Crippen molar-refractivity contribution in [1.82, 2.24) is 0 Å². The SMILES string of the molecule is CCOC(=O)c1cc(S)c(F)cc1Br. The van der Waals surface area contributed by atoms with Crippen molar-refractivity contribution >= 4 is 34.5 Å². The lowest BCUT2D eigenvalue weighted by Gasteiger charge is -2.05. The molecule has 0 bridgehead atoms. The van der Waals surface area contributed by atoms with Crippen LogP contribution in [0.3, 0.4) is 0 Å². The van der Waals surface area contributed by atoms with Gasteiger partial charge < -0.3 is 4.74 Å². The predicted molar refractivity (Wildman–Crippen MR) is 57.3 cm³/mol. The van der Waals surface area contributed by atoms with Gasteiger partial charge in [0, 0.05) is 9.37 Å². The van der Waals surface area contributed by atoms with Crippen LogP contribution >= 0.6 is 28.6 Å². The molecule has 0 aromatic heterocycles. The molecule has 0 unspecified atom stereocenters. The van der Waals surface area contributed by atoms with Crippen LogP contribution in [0.1, 0.15) is 17.3 Å². The summed E-state index contributed by atoms with van der Waals surface area (Å²) in [5, 5.41) is 0. The van der Waals surface area contributed by atoms with Gasteiger partial charge in [-0.3, -0.25) is 0 Å². The molecule has 0 saturated carbocycles. The third-order valence-corrected chi connectivity index (χ3v) is 2.53. The van der Waals surface area contributed by atoms with Crippen LogP contribution in [-0.4, -0.2) is 12.6 Å². The first-order chi connectivity index (χ1) is 6.56. The summed E-state index contributed by atoms with van der Waals surface area (Å²) < 4.78 is 18.1. The van der Waals surface area contributed by atoms with E-state index in [2.05, 4.69) is 28.6 Å². The smallest absolute Gasteiger partial charge is 0.339 e. The third-order valence-electron chi connectivity index (χ3n) is 1.53. The van der Waals surface area contributed by atoms with Crippen molar-refractivity contribution in [3.8, 4) is 0 Å². The Morgan fingerprint density at radius 2 is 2.29 bits per heavy atom. The maximum absolute atomic E-state index is 13.0. The van der Waals surface area contributed by atoms with Crippen molar-refractivity contribution in [3.05, 3.63) is 28.0 Å². The van der Waals surface area contributed by atoms with Gasteiger partial charge >= 0.3 is 5.97 Å². The van der Waals surface area contributed by atoms with Gasteiger partial charge in [0.15, 0.2) is 0 Å². The van der Waals surface area contributed by atoms with Crippen LogP contribution in [0.5, 0.6) is 0 Å². The Kier molecular flexibility index (Phi) is 3.95. The summed E-state index contributed by atoms with van der Waals surface area (Å²) in [7, 11) is 0. The molecule has 0 heterocycles. The van der Waals surface area contributed by atoms with Crippen LogP contribution in [0.15, 0.2) is 21.5 Å². The molecule has 0 N–H and O–H groups in total. The van der Waals surface area contributed by atoms with Crippen LogP contribution in [0.4, 0.5) is 4.39 Å². The minimum atomic E-state index is -0.491. The summed E-state index contributed by atoms with van der Waals surface area (Å²) in [5.74, 6) is -0.970. The summed E-state index contributed by atoms with van der Waals surface area (Å²) in [6.07, 6.45) is 0. The van der Waals surface area contributed by atoms with Crippen molar-refractivity contribution in [2.45, 2.75) is 11.8 Å². The summed E-state index contributed by atoms with van der Waals surface area (Å²) in [4.78, 5) is 11.4. The first-order valence-corrected chi connectivity index (χ1v) is 5.15. The maximum atomic E-state index is 13.0. The van der Waals surface area contributed by atoms with E-state index in [1.54, 1.807) is 6.92 Å². The molecular formula is C9H8BrFO2S. The number of esters is 1. The van der Waals surface area contributed by atoms with Gasteiger partial charge in [-0.25, -0.2) is 9.18 Å². The first-order valence-electron chi connectivity index (χ1n) is 3.91. The topological polar surface area (TPSA) is 26.3 Å². The number of rotatable bonds is 2. The van der Waals surface area contributed by atoms with Crippen molar-refractivity contribution in [2.75, 3.05) is 6.61 Å². The standard InChI is InChI=1S/C9H8BrFO2S/c1-2-13-9(12)5-3-8(14)7(11)4-6(5)10/h3-4,14H,2H2,1H3. The van der Waals surface area contributed by atoms with Gasteiger partial charge in [-0.15, -0.1) is 12.6 Å². The monoisotopic (exact) mass is 278 g/mol. The minimum Gasteiger partial charge on any atom is -0.462 e. The first kappa shape index (κ1) is 11.5. The minimum absolute atomic E-state index is 0.122. The van der Waals surface area contributed by atoms with Crippen molar-refractivity contribution in [3.63, 3.8) is 0 Å². The van der Waals surface area contributed by atoms with Crippen LogP contribution in [0.2, 0.25) is 0 Å². The number of carbonyl (C=O) groups excluding carboxylic acids is 1. The van der Waals surface area contributed by atoms with E-state index in [0.717, 1.165) is 0 Å². The molecule has 1 aromatic rings. The number of hydrogen-bond acceptors (Lipinski definition) is 3. The second-order valence-corrected chi connectivity index (χ2v) is 3.84. The highest BCUT2D eigenvalue weighted by Crippen LogP contribution is 2.24. The summed E-state index contributed by atoms with van der Waals surface area (Å²) in [6.45, 7) is 1.99. The Bertz CT molecular complexity index is 368. The molecule has 0 saturated heterocycles. The second-order valence-electron chi connectivity index (χ2n) is 2.50. The van der Waals surface area contributed by atoms with Gasteiger partial charge in [-0.05, 0) is 35.0 Å². The molecule has 0 atom stereocenters. The number of hydrogen-bond donors (Lipinski definition) is 1. The second kappa shape index (κ2) is 4.79. The Morgan fingerprint density at radius 3 is 2.86 bits per heavy atom. The molecule has 0 aliphatic heterocycles. The number of benzene rings is 1. The van der Waals surface area contributed by atoms with Crippen molar-refractivity contribution < 1.29 is 13.9 Å². The molecule has 0 radical (unpaired) electrons. The van der Waals surface area contributed by atoms with E-state index in [0.29, 0.717) is 4.47 Å². The molecule has 0 spiro atoms. The fourth-order valence-corrected chi connectivity index (χ4v) is 1.57. The van der Waals surface area contributed by atoms with Crippen molar-refractivity contribution in [1.29, 1.82) is 0 Å². The Labute approximate surface area is 95.0 Å². The summed E-state index contributed by atoms with van der Waals surface area (Å²) >= 11 is 6.95. The van der Waals surface area contributed by atoms with Gasteiger partial charge in [-0.1, -0.05) is 0 Å². The van der Waals surface area contributed by atoms with E-state index in [1.165, 1.54) is 12.1 Å². The van der Waals surface area contributed by atoms with E-state index in [1.807, 2.05) is 0 Å². The van der Waals surface area contributed by atoms with Crippen LogP contribution in [0.25, 0.3) is 0 Å². The van der Waals surface area contributed by atoms with Crippen LogP contribution in [0, 0.1) is 5.82 Å². The maximum Gasteiger partial charge on any atom is 0.339 e. The zero-order valence-electron chi connectivity index (χ0n) is 7.38. The largest absolute Gasteiger partial charge is 0.462 e. The lowest BCUT2D eigenvalue weighted by atomic mass is 10.2. The quantitative estimate of drug-likeness (QED) is 0.665. The van der Waals surface area contributed by atoms with Gasteiger partial charge in [0.05, 0.1) is 12.2 Å². The molecule has 5 heteroatoms. The summed E-state index contributed by atoms with van der Waals surface area (Å²) in [5.41, 5.74) is 0.276. The molecule has 2 nitrogen and oxygen atoms in total. The van der Waals surface area contributed by atoms with E-state index in [4.69, 9.17) is 4.74 Å². The molecule has 0 fully saturated rings. The molecule has 76 valence electrons. The highest BCUT2D eigenvalue weighted by Gasteiger charge is 2.13. The van der Waals surface area contributed by atoms with Crippen LogP contribution in [-0.2, 0) is 4.74 Å². The molecule has 0 aliphatic carbocycles. The van der Waals surface area contributed by atoms with Gasteiger partial charge in [0.1, 0.15) is 5.82 Å². The molecule has 14 heavy (non-hydrogen) atoms. The number of ether oxygens (including phenoxy) is 1. The van der Waals surface area contributed by atoms with Crippen molar-refractivity contribution in [2.24, 2.45) is 0 Å². The third kappa shape index (κ3) is 2.48. The summed E-state index contributed by atoms with van der Waals surface area (Å²) in [6, 6.07) is 2.52. The predicted octanol–water partition coefficient (Wildman–Crippen LogP) is 3.05. The van der Waals surface area contributed by atoms with E-state index in [-0.39, 0.29) is 17.1 Å². The van der Waals surface area contributed by atoms with Crippen LogP contribution < -0.4 is 0 Å². The molecule has 1 aromatic carbocycles. The molecule has 0 amide bonds. The normalized spacial score (nSPS) is 10.0. The van der Waals surface area contributed by atoms with Gasteiger partial charge in [0.2, 0.25) is 0 Å². The Morgan fingerprint density at radius 1 is 1.64 bits per heavy atom. The Balaban J connectivity index is 3.09. The van der Waals surface area contributed by atoms with E-state index < -0.39 is 11.8 Å². The number of thiol groups is 1. The lowest BCUT2D eigenvalue weighted by molar-refractivity contribution is 0.0525. The lowest BCUT2D eigenvalue weighted by Crippen LogP contribution is -2.06. The van der Waals surface area contributed by atoms with Gasteiger partial charge in [0.25, 0.3) is 0 Å². The van der Waals surface area contributed by atoms with E-state index in [9.17, 15) is 9.18 Å². The average Bonchev–Trinajstić information content (AvgIpc) is 2.11. The zero-order chi connectivity index (χ0) is 10.7. The zero-order valence-corrected chi connectivity index (χ0v) is 9.86. The highest BCUT2D eigenvalue weighted by molar-refractivity contribution is 9.10. The molecule has 0 aliphatic rings. The van der Waals surface area contributed by atoms with Gasteiger partial charge in [-0.2, -0.15) is 0 Å². The Hall–Kier alpha value is -0.550. The molecule has 1 rings (SSSR count). The highest BCUT2D eigenvalue weighted by atomic mass is 79.9. The average molecular weight is 279 g/mol. The number of carbonyl (C=O) groups is 1. The number of halogens is 2. The molecular weight excluding hydrogens is 271 g/mol. The fraction of sp³-hybridized carbons (Fsp3) is 0.222. The fourth-order valence-electron chi connectivity index (χ4n) is 0.903. The van der Waals surface area contributed by atoms with E-state index >= 15 is 0 Å².